The van der Waals surface area contributed by atoms with Gasteiger partial charge in [0.25, 0.3) is 0 Å². The normalized spacial score (nSPS) is 33.3. The average molecular weight is 306 g/mol. The smallest absolute Gasteiger partial charge is 0.193 e. The summed E-state index contributed by atoms with van der Waals surface area (Å²) in [6.07, 6.45) is 8.37. The van der Waals surface area contributed by atoms with Crippen molar-refractivity contribution in [3.63, 3.8) is 0 Å². The van der Waals surface area contributed by atoms with Crippen LogP contribution in [0.25, 0.3) is 0 Å². The molecule has 3 aliphatic rings. The van der Waals surface area contributed by atoms with Crippen molar-refractivity contribution in [1.82, 2.24) is 15.1 Å². The number of hydrogen-bond donors (Lipinski definition) is 1. The summed E-state index contributed by atoms with van der Waals surface area (Å²) in [6, 6.07) is 0. The maximum absolute atomic E-state index is 4.56. The Morgan fingerprint density at radius 2 is 1.82 bits per heavy atom. The molecule has 0 bridgehead atoms. The number of nitrogens with zero attached hydrogens (tertiary/aromatic N) is 3. The van der Waals surface area contributed by atoms with Gasteiger partial charge in [0.05, 0.1) is 0 Å². The quantitative estimate of drug-likeness (QED) is 0.639. The van der Waals surface area contributed by atoms with E-state index in [2.05, 4.69) is 27.0 Å². The van der Waals surface area contributed by atoms with Crippen LogP contribution in [0, 0.1) is 17.8 Å². The topological polar surface area (TPSA) is 30.9 Å². The highest BCUT2D eigenvalue weighted by molar-refractivity contribution is 5.80. The van der Waals surface area contributed by atoms with E-state index in [1.807, 2.05) is 7.05 Å². The van der Waals surface area contributed by atoms with Crippen LogP contribution in [0.1, 0.15) is 45.4 Å². The first kappa shape index (κ1) is 16.1. The molecule has 2 saturated heterocycles. The molecule has 4 nitrogen and oxygen atoms in total. The third kappa shape index (κ3) is 3.76. The van der Waals surface area contributed by atoms with Gasteiger partial charge in [-0.05, 0) is 56.5 Å². The third-order valence-electron chi connectivity index (χ3n) is 5.95. The van der Waals surface area contributed by atoms with Crippen LogP contribution < -0.4 is 5.32 Å². The molecule has 1 saturated carbocycles. The van der Waals surface area contributed by atoms with Crippen LogP contribution in [0.4, 0.5) is 0 Å². The summed E-state index contributed by atoms with van der Waals surface area (Å²) in [6.45, 7) is 9.66. The maximum Gasteiger partial charge on any atom is 0.193 e. The lowest BCUT2D eigenvalue weighted by molar-refractivity contribution is 0.299. The molecular weight excluding hydrogens is 272 g/mol. The Morgan fingerprint density at radius 3 is 2.45 bits per heavy atom. The predicted molar refractivity (Wildman–Crippen MR) is 93.2 cm³/mol. The second-order valence-corrected chi connectivity index (χ2v) is 7.59. The fourth-order valence-corrected chi connectivity index (χ4v) is 4.75. The minimum atomic E-state index is 0.799. The van der Waals surface area contributed by atoms with Gasteiger partial charge in [0.2, 0.25) is 0 Å². The van der Waals surface area contributed by atoms with Crippen molar-refractivity contribution in [2.24, 2.45) is 22.7 Å². The molecule has 3 fully saturated rings. The van der Waals surface area contributed by atoms with Crippen LogP contribution in [0.3, 0.4) is 0 Å². The Morgan fingerprint density at radius 1 is 1.09 bits per heavy atom. The monoisotopic (exact) mass is 306 g/mol. The highest BCUT2D eigenvalue weighted by Crippen LogP contribution is 2.35. The van der Waals surface area contributed by atoms with Gasteiger partial charge in [0, 0.05) is 33.2 Å². The first-order valence-corrected chi connectivity index (χ1v) is 9.48. The summed E-state index contributed by atoms with van der Waals surface area (Å²) < 4.78 is 0. The standard InChI is InChI=1S/C18H34N4/c1-3-9-21-10-8-15(12-21)11-20-18(19-2)22-13-16-6-4-5-7-17(16)14-22/h15-17H,3-14H2,1-2H3,(H,19,20). The third-order valence-corrected chi connectivity index (χ3v) is 5.95. The minimum Gasteiger partial charge on any atom is -0.356 e. The van der Waals surface area contributed by atoms with Crippen molar-refractivity contribution in [2.75, 3.05) is 46.3 Å². The highest BCUT2D eigenvalue weighted by Gasteiger charge is 2.35. The van der Waals surface area contributed by atoms with Gasteiger partial charge >= 0.3 is 0 Å². The number of likely N-dealkylation sites (tertiary alicyclic amines) is 2. The second-order valence-electron chi connectivity index (χ2n) is 7.59. The van der Waals surface area contributed by atoms with E-state index in [1.54, 1.807) is 0 Å². The van der Waals surface area contributed by atoms with Crippen molar-refractivity contribution in [2.45, 2.75) is 45.4 Å². The SMILES string of the molecule is CCCN1CCC(CNC(=NC)N2CC3CCCCC3C2)C1. The van der Waals surface area contributed by atoms with E-state index in [0.29, 0.717) is 0 Å². The van der Waals surface area contributed by atoms with E-state index in [9.17, 15) is 0 Å². The molecule has 1 N–H and O–H groups in total. The van der Waals surface area contributed by atoms with Gasteiger partial charge in [-0.1, -0.05) is 19.8 Å². The van der Waals surface area contributed by atoms with E-state index in [0.717, 1.165) is 30.3 Å². The predicted octanol–water partition coefficient (Wildman–Crippen LogP) is 2.42. The molecule has 3 unspecified atom stereocenters. The van der Waals surface area contributed by atoms with Crippen LogP contribution in [-0.4, -0.2) is 62.1 Å². The van der Waals surface area contributed by atoms with Crippen LogP contribution in [0.15, 0.2) is 4.99 Å². The van der Waals surface area contributed by atoms with Crippen molar-refractivity contribution in [1.29, 1.82) is 0 Å². The van der Waals surface area contributed by atoms with Crippen molar-refractivity contribution < 1.29 is 0 Å². The molecule has 0 amide bonds. The lowest BCUT2D eigenvalue weighted by Crippen LogP contribution is -2.42. The lowest BCUT2D eigenvalue weighted by atomic mass is 9.82. The average Bonchev–Trinajstić information content (AvgIpc) is 3.15. The van der Waals surface area contributed by atoms with Gasteiger partial charge in [0.1, 0.15) is 0 Å². The molecule has 3 atom stereocenters. The minimum absolute atomic E-state index is 0.799. The number of guanidine groups is 1. The van der Waals surface area contributed by atoms with Gasteiger partial charge in [-0.2, -0.15) is 0 Å². The molecule has 0 aromatic heterocycles. The lowest BCUT2D eigenvalue weighted by Gasteiger charge is -2.23. The van der Waals surface area contributed by atoms with E-state index < -0.39 is 0 Å². The van der Waals surface area contributed by atoms with Crippen molar-refractivity contribution in [3.05, 3.63) is 0 Å². The molecule has 4 heteroatoms. The molecule has 0 aromatic carbocycles. The zero-order valence-electron chi connectivity index (χ0n) is 14.6. The number of nitrogens with one attached hydrogen (secondary N) is 1. The number of fused-ring (bicyclic) bond motifs is 1. The molecule has 3 rings (SSSR count). The molecule has 1 aliphatic carbocycles. The van der Waals surface area contributed by atoms with E-state index >= 15 is 0 Å². The summed E-state index contributed by atoms with van der Waals surface area (Å²) in [5.41, 5.74) is 0. The Kier molecular flexibility index (Phi) is 5.61. The summed E-state index contributed by atoms with van der Waals surface area (Å²) in [5, 5.41) is 3.67. The Bertz CT molecular complexity index is 367. The van der Waals surface area contributed by atoms with Gasteiger partial charge < -0.3 is 15.1 Å². The molecule has 22 heavy (non-hydrogen) atoms. The molecule has 2 aliphatic heterocycles. The van der Waals surface area contributed by atoms with E-state index in [4.69, 9.17) is 0 Å². The zero-order chi connectivity index (χ0) is 15.4. The largest absolute Gasteiger partial charge is 0.356 e. The van der Waals surface area contributed by atoms with Crippen molar-refractivity contribution in [3.8, 4) is 0 Å². The first-order chi connectivity index (χ1) is 10.8. The summed E-state index contributed by atoms with van der Waals surface area (Å²) >= 11 is 0. The van der Waals surface area contributed by atoms with Gasteiger partial charge in [-0.3, -0.25) is 4.99 Å². The van der Waals surface area contributed by atoms with Crippen LogP contribution in [-0.2, 0) is 0 Å². The van der Waals surface area contributed by atoms with Gasteiger partial charge in [-0.15, -0.1) is 0 Å². The van der Waals surface area contributed by atoms with Gasteiger partial charge in [-0.25, -0.2) is 0 Å². The first-order valence-electron chi connectivity index (χ1n) is 9.48. The Labute approximate surface area is 136 Å². The van der Waals surface area contributed by atoms with E-state index in [1.165, 1.54) is 71.2 Å². The van der Waals surface area contributed by atoms with Gasteiger partial charge in [0.15, 0.2) is 5.96 Å². The molecule has 0 radical (unpaired) electrons. The fourth-order valence-electron chi connectivity index (χ4n) is 4.75. The molecule has 2 heterocycles. The molecular formula is C18H34N4. The summed E-state index contributed by atoms with van der Waals surface area (Å²) in [5.74, 6) is 3.81. The zero-order valence-corrected chi connectivity index (χ0v) is 14.6. The summed E-state index contributed by atoms with van der Waals surface area (Å²) in [7, 11) is 1.95. The second kappa shape index (κ2) is 7.67. The number of hydrogen-bond acceptors (Lipinski definition) is 2. The maximum atomic E-state index is 4.56. The molecule has 0 spiro atoms. The van der Waals surface area contributed by atoms with E-state index in [-0.39, 0.29) is 0 Å². The number of rotatable bonds is 4. The molecule has 126 valence electrons. The van der Waals surface area contributed by atoms with Crippen molar-refractivity contribution >= 4 is 5.96 Å². The summed E-state index contributed by atoms with van der Waals surface area (Å²) in [4.78, 5) is 9.70. The van der Waals surface area contributed by atoms with Crippen LogP contribution >= 0.6 is 0 Å². The fraction of sp³-hybridized carbons (Fsp3) is 0.944. The Hall–Kier alpha value is -0.770. The van der Waals surface area contributed by atoms with Crippen LogP contribution in [0.5, 0.6) is 0 Å². The molecule has 0 aromatic rings. The Balaban J connectivity index is 1.45. The number of aliphatic imine (C=N–C) groups is 1. The highest BCUT2D eigenvalue weighted by atomic mass is 15.3. The van der Waals surface area contributed by atoms with Crippen LogP contribution in [0.2, 0.25) is 0 Å².